The van der Waals surface area contributed by atoms with Gasteiger partial charge in [0.15, 0.2) is 0 Å². The average Bonchev–Trinajstić information content (AvgIpc) is 2.80. The molecular weight excluding hydrogens is 200 g/mol. The minimum Gasteiger partial charge on any atom is -0.378 e. The van der Waals surface area contributed by atoms with E-state index in [1.807, 2.05) is 0 Å². The molecule has 2 rings (SSSR count). The van der Waals surface area contributed by atoms with E-state index in [-0.39, 0.29) is 0 Å². The molecule has 16 heavy (non-hydrogen) atoms. The fraction of sp³-hybridized carbons (Fsp3) is 1.00. The van der Waals surface area contributed by atoms with E-state index in [2.05, 4.69) is 4.90 Å². The van der Waals surface area contributed by atoms with Crippen molar-refractivity contribution in [2.45, 2.75) is 57.1 Å². The molecule has 2 fully saturated rings. The van der Waals surface area contributed by atoms with Gasteiger partial charge in [-0.2, -0.15) is 0 Å². The van der Waals surface area contributed by atoms with Crippen molar-refractivity contribution in [1.82, 2.24) is 4.90 Å². The summed E-state index contributed by atoms with van der Waals surface area (Å²) in [6, 6.07) is 0.450. The number of ether oxygens (including phenoxy) is 1. The molecule has 94 valence electrons. The Labute approximate surface area is 99.3 Å². The second-order valence-electron chi connectivity index (χ2n) is 5.31. The molecule has 2 N–H and O–H groups in total. The first-order valence-electron chi connectivity index (χ1n) is 6.94. The molecule has 1 saturated heterocycles. The molecule has 1 aliphatic carbocycles. The Morgan fingerprint density at radius 3 is 2.44 bits per heavy atom. The van der Waals surface area contributed by atoms with E-state index in [9.17, 15) is 0 Å². The standard InChI is InChI=1S/C13H26N2O/c14-12-6-9-15(10-7-12)8-3-11-16-13-4-1-2-5-13/h12-13H,1-11,14H2. The Hall–Kier alpha value is -0.120. The van der Waals surface area contributed by atoms with E-state index in [0.29, 0.717) is 12.1 Å². The highest BCUT2D eigenvalue weighted by Gasteiger charge is 2.17. The van der Waals surface area contributed by atoms with E-state index in [4.69, 9.17) is 10.5 Å². The Kier molecular flexibility index (Phi) is 5.07. The predicted octanol–water partition coefficient (Wildman–Crippen LogP) is 1.76. The van der Waals surface area contributed by atoms with Crippen LogP contribution in [0.4, 0.5) is 0 Å². The molecule has 0 bridgehead atoms. The summed E-state index contributed by atoms with van der Waals surface area (Å²) >= 11 is 0. The maximum Gasteiger partial charge on any atom is 0.0575 e. The van der Waals surface area contributed by atoms with E-state index in [0.717, 1.165) is 6.61 Å². The first-order chi connectivity index (χ1) is 7.84. The van der Waals surface area contributed by atoms with Gasteiger partial charge in [0, 0.05) is 19.2 Å². The van der Waals surface area contributed by atoms with Gasteiger partial charge < -0.3 is 15.4 Å². The fourth-order valence-electron chi connectivity index (χ4n) is 2.77. The highest BCUT2D eigenvalue weighted by molar-refractivity contribution is 4.74. The topological polar surface area (TPSA) is 38.5 Å². The smallest absolute Gasteiger partial charge is 0.0575 e. The molecule has 0 radical (unpaired) electrons. The van der Waals surface area contributed by atoms with Crippen LogP contribution in [0.5, 0.6) is 0 Å². The van der Waals surface area contributed by atoms with Crippen LogP contribution >= 0.6 is 0 Å². The highest BCUT2D eigenvalue weighted by Crippen LogP contribution is 2.20. The third-order valence-electron chi connectivity index (χ3n) is 3.91. The predicted molar refractivity (Wildman–Crippen MR) is 66.5 cm³/mol. The zero-order valence-electron chi connectivity index (χ0n) is 10.4. The molecule has 1 aliphatic heterocycles. The van der Waals surface area contributed by atoms with Crippen LogP contribution in [-0.2, 0) is 4.74 Å². The highest BCUT2D eigenvalue weighted by atomic mass is 16.5. The van der Waals surface area contributed by atoms with E-state index >= 15 is 0 Å². The first-order valence-corrected chi connectivity index (χ1v) is 6.94. The summed E-state index contributed by atoms with van der Waals surface area (Å²) in [6.07, 6.45) is 9.42. The molecule has 3 nitrogen and oxygen atoms in total. The van der Waals surface area contributed by atoms with Crippen LogP contribution in [0.2, 0.25) is 0 Å². The van der Waals surface area contributed by atoms with E-state index in [1.54, 1.807) is 0 Å². The molecule has 0 amide bonds. The SMILES string of the molecule is NC1CCN(CCCOC2CCCC2)CC1. The number of likely N-dealkylation sites (tertiary alicyclic amines) is 1. The third kappa shape index (κ3) is 4.04. The maximum absolute atomic E-state index is 5.88. The molecule has 0 aromatic rings. The number of rotatable bonds is 5. The van der Waals surface area contributed by atoms with Crippen molar-refractivity contribution in [2.24, 2.45) is 5.73 Å². The van der Waals surface area contributed by atoms with Gasteiger partial charge in [0.1, 0.15) is 0 Å². The lowest BCUT2D eigenvalue weighted by molar-refractivity contribution is 0.0501. The summed E-state index contributed by atoms with van der Waals surface area (Å²) in [5, 5.41) is 0. The van der Waals surface area contributed by atoms with Gasteiger partial charge in [-0.3, -0.25) is 0 Å². The molecule has 0 spiro atoms. The van der Waals surface area contributed by atoms with Crippen LogP contribution in [0, 0.1) is 0 Å². The summed E-state index contributed by atoms with van der Waals surface area (Å²) in [5.41, 5.74) is 5.88. The lowest BCUT2D eigenvalue weighted by atomic mass is 10.1. The second kappa shape index (κ2) is 6.58. The fourth-order valence-corrected chi connectivity index (χ4v) is 2.77. The lowest BCUT2D eigenvalue weighted by Crippen LogP contribution is -2.40. The molecule has 0 aromatic heterocycles. The zero-order chi connectivity index (χ0) is 11.2. The van der Waals surface area contributed by atoms with Crippen molar-refractivity contribution in [3.05, 3.63) is 0 Å². The van der Waals surface area contributed by atoms with Crippen molar-refractivity contribution >= 4 is 0 Å². The maximum atomic E-state index is 5.88. The summed E-state index contributed by atoms with van der Waals surface area (Å²) in [4.78, 5) is 2.53. The van der Waals surface area contributed by atoms with Crippen LogP contribution in [0.3, 0.4) is 0 Å². The summed E-state index contributed by atoms with van der Waals surface area (Å²) in [6.45, 7) is 4.52. The second-order valence-corrected chi connectivity index (χ2v) is 5.31. The Balaban J connectivity index is 1.48. The van der Waals surface area contributed by atoms with Crippen LogP contribution in [-0.4, -0.2) is 43.3 Å². The minimum absolute atomic E-state index is 0.450. The largest absolute Gasteiger partial charge is 0.378 e. The van der Waals surface area contributed by atoms with Gasteiger partial charge in [0.2, 0.25) is 0 Å². The Morgan fingerprint density at radius 1 is 1.06 bits per heavy atom. The molecule has 0 atom stereocenters. The summed E-state index contributed by atoms with van der Waals surface area (Å²) < 4.78 is 5.86. The van der Waals surface area contributed by atoms with Crippen molar-refractivity contribution in [3.63, 3.8) is 0 Å². The average molecular weight is 226 g/mol. The van der Waals surface area contributed by atoms with Crippen LogP contribution in [0.1, 0.15) is 44.9 Å². The number of nitrogens with zero attached hydrogens (tertiary/aromatic N) is 1. The lowest BCUT2D eigenvalue weighted by Gasteiger charge is -2.30. The quantitative estimate of drug-likeness (QED) is 0.726. The van der Waals surface area contributed by atoms with Gasteiger partial charge in [-0.1, -0.05) is 12.8 Å². The van der Waals surface area contributed by atoms with Crippen LogP contribution < -0.4 is 5.73 Å². The number of piperidine rings is 1. The Bertz CT molecular complexity index is 184. The molecular formula is C13H26N2O. The normalized spacial score (nSPS) is 25.3. The van der Waals surface area contributed by atoms with Crippen LogP contribution in [0.15, 0.2) is 0 Å². The van der Waals surface area contributed by atoms with Crippen molar-refractivity contribution in [1.29, 1.82) is 0 Å². The molecule has 1 heterocycles. The summed E-state index contributed by atoms with van der Waals surface area (Å²) in [7, 11) is 0. The number of hydrogen-bond donors (Lipinski definition) is 1. The van der Waals surface area contributed by atoms with Gasteiger partial charge in [-0.05, 0) is 45.2 Å². The van der Waals surface area contributed by atoms with Gasteiger partial charge in [-0.15, -0.1) is 0 Å². The van der Waals surface area contributed by atoms with Gasteiger partial charge in [0.25, 0.3) is 0 Å². The molecule has 3 heteroatoms. The monoisotopic (exact) mass is 226 g/mol. The van der Waals surface area contributed by atoms with E-state index < -0.39 is 0 Å². The van der Waals surface area contributed by atoms with E-state index in [1.165, 1.54) is 64.6 Å². The molecule has 0 aromatic carbocycles. The summed E-state index contributed by atoms with van der Waals surface area (Å²) in [5.74, 6) is 0. The molecule has 0 unspecified atom stereocenters. The van der Waals surface area contributed by atoms with Crippen molar-refractivity contribution < 1.29 is 4.74 Å². The van der Waals surface area contributed by atoms with Crippen LogP contribution in [0.25, 0.3) is 0 Å². The zero-order valence-corrected chi connectivity index (χ0v) is 10.4. The molecule has 1 saturated carbocycles. The number of hydrogen-bond acceptors (Lipinski definition) is 3. The van der Waals surface area contributed by atoms with Gasteiger partial charge in [0.05, 0.1) is 6.10 Å². The first kappa shape index (κ1) is 12.3. The minimum atomic E-state index is 0.450. The third-order valence-corrected chi connectivity index (χ3v) is 3.91. The van der Waals surface area contributed by atoms with Crippen molar-refractivity contribution in [3.8, 4) is 0 Å². The van der Waals surface area contributed by atoms with Gasteiger partial charge in [-0.25, -0.2) is 0 Å². The Morgan fingerprint density at radius 2 is 1.75 bits per heavy atom. The van der Waals surface area contributed by atoms with Crippen molar-refractivity contribution in [2.75, 3.05) is 26.2 Å². The number of nitrogens with two attached hydrogens (primary N) is 1. The molecule has 2 aliphatic rings. The van der Waals surface area contributed by atoms with Gasteiger partial charge >= 0.3 is 0 Å².